The van der Waals surface area contributed by atoms with Crippen molar-refractivity contribution in [1.29, 1.82) is 0 Å². The largest absolute Gasteiger partial charge is 0.342 e. The quantitative estimate of drug-likeness (QED) is 0.837. The minimum absolute atomic E-state index is 0. The summed E-state index contributed by atoms with van der Waals surface area (Å²) < 4.78 is 0. The summed E-state index contributed by atoms with van der Waals surface area (Å²) in [6.45, 7) is 9.13. The third-order valence-electron chi connectivity index (χ3n) is 5.71. The minimum Gasteiger partial charge on any atom is -0.342 e. The molecule has 0 radical (unpaired) electrons. The normalized spacial score (nSPS) is 24.9. The van der Waals surface area contributed by atoms with E-state index < -0.39 is 0 Å². The zero-order valence-corrected chi connectivity index (χ0v) is 16.2. The molecule has 2 heterocycles. The van der Waals surface area contributed by atoms with Gasteiger partial charge in [0.05, 0.1) is 5.92 Å². The van der Waals surface area contributed by atoms with Crippen molar-refractivity contribution in [3.8, 4) is 0 Å². The summed E-state index contributed by atoms with van der Waals surface area (Å²) in [5.41, 5.74) is 5.98. The maximum Gasteiger partial charge on any atom is 0.227 e. The number of likely N-dealkylation sites (tertiary alicyclic amines) is 2. The lowest BCUT2D eigenvalue weighted by atomic mass is 9.89. The van der Waals surface area contributed by atoms with Gasteiger partial charge in [-0.05, 0) is 44.9 Å². The van der Waals surface area contributed by atoms with Gasteiger partial charge in [-0.1, -0.05) is 13.8 Å². The van der Waals surface area contributed by atoms with Gasteiger partial charge >= 0.3 is 0 Å². The fraction of sp³-hybridized carbons (Fsp3) is 0.889. The summed E-state index contributed by atoms with van der Waals surface area (Å²) in [6, 6.07) is 0.213. The number of hydrogen-bond acceptors (Lipinski definition) is 3. The lowest BCUT2D eigenvalue weighted by molar-refractivity contribution is -0.143. The minimum atomic E-state index is -0.0105. The molecule has 0 bridgehead atoms. The Balaban J connectivity index is 0.00000288. The molecule has 24 heavy (non-hydrogen) atoms. The van der Waals surface area contributed by atoms with Crippen molar-refractivity contribution < 1.29 is 9.59 Å². The molecule has 5 nitrogen and oxygen atoms in total. The van der Waals surface area contributed by atoms with E-state index in [1.165, 1.54) is 0 Å². The number of carbonyl (C=O) groups is 2. The topological polar surface area (TPSA) is 66.6 Å². The number of piperidine rings is 2. The summed E-state index contributed by atoms with van der Waals surface area (Å²) >= 11 is 0. The second kappa shape index (κ2) is 9.62. The molecule has 0 saturated carbocycles. The molecule has 0 aromatic rings. The molecule has 2 fully saturated rings. The third kappa shape index (κ3) is 5.09. The molecule has 2 N–H and O–H groups in total. The molecule has 0 aromatic carbocycles. The standard InChI is InChI=1S/C18H33N3O2.ClH/c1-4-13(2)17(22)21-9-5-6-16(12-21)18(23)20-10-7-15(8-11-20)14(3)19;/h13-16H,4-12,19H2,1-3H3;1H. The van der Waals surface area contributed by atoms with E-state index in [-0.39, 0.29) is 42.1 Å². The Morgan fingerprint density at radius 1 is 1.08 bits per heavy atom. The Labute approximate surface area is 152 Å². The maximum atomic E-state index is 12.8. The van der Waals surface area contributed by atoms with Crippen molar-refractivity contribution in [2.75, 3.05) is 26.2 Å². The Morgan fingerprint density at radius 3 is 2.25 bits per heavy atom. The van der Waals surface area contributed by atoms with Crippen LogP contribution in [0.5, 0.6) is 0 Å². The number of halogens is 1. The number of amides is 2. The van der Waals surface area contributed by atoms with Crippen LogP contribution in [0.25, 0.3) is 0 Å². The average molecular weight is 360 g/mol. The number of rotatable bonds is 4. The Bertz CT molecular complexity index is 422. The van der Waals surface area contributed by atoms with Gasteiger partial charge in [0.1, 0.15) is 0 Å². The van der Waals surface area contributed by atoms with Gasteiger partial charge in [0, 0.05) is 38.1 Å². The van der Waals surface area contributed by atoms with E-state index in [9.17, 15) is 9.59 Å². The summed E-state index contributed by atoms with van der Waals surface area (Å²) in [6.07, 6.45) is 4.72. The smallest absolute Gasteiger partial charge is 0.227 e. The van der Waals surface area contributed by atoms with Gasteiger partial charge in [0.25, 0.3) is 0 Å². The molecule has 0 aliphatic carbocycles. The van der Waals surface area contributed by atoms with Crippen LogP contribution in [0.1, 0.15) is 52.9 Å². The fourth-order valence-corrected chi connectivity index (χ4v) is 3.77. The molecule has 2 aliphatic rings. The number of carbonyl (C=O) groups excluding carboxylic acids is 2. The highest BCUT2D eigenvalue weighted by molar-refractivity contribution is 5.85. The van der Waals surface area contributed by atoms with Crippen LogP contribution in [0.3, 0.4) is 0 Å². The van der Waals surface area contributed by atoms with Crippen LogP contribution in [0.4, 0.5) is 0 Å². The average Bonchev–Trinajstić information content (AvgIpc) is 2.59. The van der Waals surface area contributed by atoms with E-state index in [1.54, 1.807) is 0 Å². The highest BCUT2D eigenvalue weighted by atomic mass is 35.5. The number of hydrogen-bond donors (Lipinski definition) is 1. The van der Waals surface area contributed by atoms with Crippen molar-refractivity contribution in [1.82, 2.24) is 9.80 Å². The van der Waals surface area contributed by atoms with Crippen LogP contribution in [-0.4, -0.2) is 53.8 Å². The molecule has 2 amide bonds. The van der Waals surface area contributed by atoms with E-state index in [0.29, 0.717) is 12.5 Å². The zero-order valence-electron chi connectivity index (χ0n) is 15.4. The molecule has 6 heteroatoms. The second-order valence-electron chi connectivity index (χ2n) is 7.45. The lowest BCUT2D eigenvalue weighted by Crippen LogP contribution is -2.50. The van der Waals surface area contributed by atoms with E-state index in [0.717, 1.165) is 51.7 Å². The molecule has 0 aromatic heterocycles. The first kappa shape index (κ1) is 21.2. The number of nitrogens with two attached hydrogens (primary N) is 1. The molecule has 2 rings (SSSR count). The molecule has 140 valence electrons. The van der Waals surface area contributed by atoms with Gasteiger partial charge in [0.15, 0.2) is 0 Å². The molecule has 2 aliphatic heterocycles. The van der Waals surface area contributed by atoms with Crippen molar-refractivity contribution in [3.63, 3.8) is 0 Å². The lowest BCUT2D eigenvalue weighted by Gasteiger charge is -2.39. The molecule has 0 spiro atoms. The molecule has 3 unspecified atom stereocenters. The van der Waals surface area contributed by atoms with Crippen molar-refractivity contribution in [2.24, 2.45) is 23.5 Å². The van der Waals surface area contributed by atoms with Gasteiger partial charge in [0.2, 0.25) is 11.8 Å². The summed E-state index contributed by atoms with van der Waals surface area (Å²) in [4.78, 5) is 29.1. The second-order valence-corrected chi connectivity index (χ2v) is 7.45. The van der Waals surface area contributed by atoms with Crippen molar-refractivity contribution in [3.05, 3.63) is 0 Å². The fourth-order valence-electron chi connectivity index (χ4n) is 3.77. The van der Waals surface area contributed by atoms with E-state index in [2.05, 4.69) is 6.92 Å². The maximum absolute atomic E-state index is 12.8. The molecule has 2 saturated heterocycles. The number of nitrogens with zero attached hydrogens (tertiary/aromatic N) is 2. The highest BCUT2D eigenvalue weighted by Crippen LogP contribution is 2.25. The SMILES string of the molecule is CCC(C)C(=O)N1CCCC(C(=O)N2CCC(C(C)N)CC2)C1.Cl. The highest BCUT2D eigenvalue weighted by Gasteiger charge is 2.34. The van der Waals surface area contributed by atoms with Crippen molar-refractivity contribution >= 4 is 24.2 Å². The summed E-state index contributed by atoms with van der Waals surface area (Å²) in [5, 5.41) is 0. The monoisotopic (exact) mass is 359 g/mol. The van der Waals surface area contributed by atoms with Gasteiger partial charge < -0.3 is 15.5 Å². The summed E-state index contributed by atoms with van der Waals surface area (Å²) in [7, 11) is 0. The molecular formula is C18H34ClN3O2. The third-order valence-corrected chi connectivity index (χ3v) is 5.71. The van der Waals surface area contributed by atoms with Gasteiger partial charge in [-0.2, -0.15) is 0 Å². The Hall–Kier alpha value is -0.810. The predicted octanol–water partition coefficient (Wildman–Crippen LogP) is 2.28. The van der Waals surface area contributed by atoms with Gasteiger partial charge in [-0.25, -0.2) is 0 Å². The van der Waals surface area contributed by atoms with Crippen molar-refractivity contribution in [2.45, 2.75) is 58.9 Å². The van der Waals surface area contributed by atoms with Crippen LogP contribution >= 0.6 is 12.4 Å². The summed E-state index contributed by atoms with van der Waals surface area (Å²) in [5.74, 6) is 1.04. The first-order valence-electron chi connectivity index (χ1n) is 9.27. The predicted molar refractivity (Wildman–Crippen MR) is 99.0 cm³/mol. The van der Waals surface area contributed by atoms with Gasteiger partial charge in [-0.15, -0.1) is 12.4 Å². The van der Waals surface area contributed by atoms with Crippen LogP contribution in [-0.2, 0) is 9.59 Å². The van der Waals surface area contributed by atoms with Crippen LogP contribution in [0.15, 0.2) is 0 Å². The van der Waals surface area contributed by atoms with Crippen LogP contribution in [0, 0.1) is 17.8 Å². The van der Waals surface area contributed by atoms with Gasteiger partial charge in [-0.3, -0.25) is 9.59 Å². The molecular weight excluding hydrogens is 326 g/mol. The zero-order chi connectivity index (χ0) is 17.0. The first-order valence-corrected chi connectivity index (χ1v) is 9.27. The Morgan fingerprint density at radius 2 is 1.71 bits per heavy atom. The first-order chi connectivity index (χ1) is 10.9. The van der Waals surface area contributed by atoms with E-state index in [1.807, 2.05) is 23.6 Å². The Kier molecular flexibility index (Phi) is 8.51. The van der Waals surface area contributed by atoms with Crippen LogP contribution < -0.4 is 5.73 Å². The molecule has 3 atom stereocenters. The van der Waals surface area contributed by atoms with E-state index in [4.69, 9.17) is 5.73 Å². The van der Waals surface area contributed by atoms with Crippen LogP contribution in [0.2, 0.25) is 0 Å². The van der Waals surface area contributed by atoms with E-state index >= 15 is 0 Å².